The van der Waals surface area contributed by atoms with Crippen LogP contribution in [0, 0.1) is 5.41 Å². The summed E-state index contributed by atoms with van der Waals surface area (Å²) in [6, 6.07) is 10.7. The number of rotatable bonds is 2. The SMILES string of the molecule is CC1(C)CCCN(c2nc3ccccc3cc2CBr)CC1. The topological polar surface area (TPSA) is 16.1 Å². The Bertz CT molecular complexity index is 636. The lowest BCUT2D eigenvalue weighted by molar-refractivity contribution is 0.325. The standard InChI is InChI=1S/C18H23BrN2/c1-18(2)8-5-10-21(11-9-18)17-15(13-19)12-14-6-3-4-7-16(14)20-17/h3-4,6-7,12H,5,8-11,13H2,1-2H3. The van der Waals surface area contributed by atoms with Crippen LogP contribution in [0.4, 0.5) is 5.82 Å². The zero-order chi connectivity index (χ0) is 14.9. The van der Waals surface area contributed by atoms with Crippen molar-refractivity contribution >= 4 is 32.7 Å². The number of aromatic nitrogens is 1. The Morgan fingerprint density at radius 1 is 1.19 bits per heavy atom. The van der Waals surface area contributed by atoms with Crippen molar-refractivity contribution in [2.75, 3.05) is 18.0 Å². The molecule has 1 fully saturated rings. The number of pyridine rings is 1. The van der Waals surface area contributed by atoms with Crippen LogP contribution in [0.15, 0.2) is 30.3 Å². The van der Waals surface area contributed by atoms with Crippen molar-refractivity contribution < 1.29 is 0 Å². The fourth-order valence-electron chi connectivity index (χ4n) is 3.16. The second kappa shape index (κ2) is 5.96. The molecule has 3 heteroatoms. The summed E-state index contributed by atoms with van der Waals surface area (Å²) in [7, 11) is 0. The third kappa shape index (κ3) is 3.23. The first-order valence-electron chi connectivity index (χ1n) is 7.79. The van der Waals surface area contributed by atoms with Gasteiger partial charge in [-0.05, 0) is 36.8 Å². The molecule has 3 rings (SSSR count). The molecule has 1 aromatic heterocycles. The molecule has 1 saturated heterocycles. The van der Waals surface area contributed by atoms with Gasteiger partial charge in [0.2, 0.25) is 0 Å². The second-order valence-corrected chi connectivity index (χ2v) is 7.36. The Morgan fingerprint density at radius 3 is 2.81 bits per heavy atom. The zero-order valence-corrected chi connectivity index (χ0v) is 14.5. The van der Waals surface area contributed by atoms with Gasteiger partial charge in [-0.25, -0.2) is 4.98 Å². The molecule has 2 aromatic rings. The summed E-state index contributed by atoms with van der Waals surface area (Å²) in [6.07, 6.45) is 3.80. The van der Waals surface area contributed by atoms with E-state index in [1.807, 2.05) is 0 Å². The van der Waals surface area contributed by atoms with Gasteiger partial charge in [-0.1, -0.05) is 48.0 Å². The van der Waals surface area contributed by atoms with Gasteiger partial charge in [0.05, 0.1) is 5.52 Å². The molecule has 112 valence electrons. The minimum Gasteiger partial charge on any atom is -0.356 e. The van der Waals surface area contributed by atoms with Crippen LogP contribution in [0.5, 0.6) is 0 Å². The molecule has 0 saturated carbocycles. The van der Waals surface area contributed by atoms with Crippen molar-refractivity contribution in [1.82, 2.24) is 4.98 Å². The quantitative estimate of drug-likeness (QED) is 0.699. The summed E-state index contributed by atoms with van der Waals surface area (Å²) < 4.78 is 0. The molecule has 1 aliphatic heterocycles. The van der Waals surface area contributed by atoms with Gasteiger partial charge >= 0.3 is 0 Å². The summed E-state index contributed by atoms with van der Waals surface area (Å²) in [6.45, 7) is 7.00. The highest BCUT2D eigenvalue weighted by Crippen LogP contribution is 2.33. The molecule has 0 radical (unpaired) electrons. The molecule has 0 atom stereocenters. The van der Waals surface area contributed by atoms with Crippen LogP contribution in [0.2, 0.25) is 0 Å². The number of hydrogen-bond donors (Lipinski definition) is 0. The molecular formula is C18H23BrN2. The van der Waals surface area contributed by atoms with Gasteiger partial charge in [-0.2, -0.15) is 0 Å². The Kier molecular flexibility index (Phi) is 4.21. The van der Waals surface area contributed by atoms with Crippen LogP contribution >= 0.6 is 15.9 Å². The van der Waals surface area contributed by atoms with E-state index in [4.69, 9.17) is 4.98 Å². The number of fused-ring (bicyclic) bond motifs is 1. The first-order chi connectivity index (χ1) is 10.1. The molecule has 1 aromatic carbocycles. The highest BCUT2D eigenvalue weighted by molar-refractivity contribution is 9.08. The van der Waals surface area contributed by atoms with E-state index < -0.39 is 0 Å². The van der Waals surface area contributed by atoms with E-state index >= 15 is 0 Å². The van der Waals surface area contributed by atoms with Gasteiger partial charge in [0.15, 0.2) is 0 Å². The van der Waals surface area contributed by atoms with Crippen LogP contribution in [0.25, 0.3) is 10.9 Å². The molecule has 0 bridgehead atoms. The lowest BCUT2D eigenvalue weighted by Gasteiger charge is -2.26. The average molecular weight is 347 g/mol. The maximum absolute atomic E-state index is 4.96. The van der Waals surface area contributed by atoms with Crippen LogP contribution in [-0.2, 0) is 5.33 Å². The fourth-order valence-corrected chi connectivity index (χ4v) is 3.57. The molecule has 0 spiro atoms. The molecule has 0 unspecified atom stereocenters. The van der Waals surface area contributed by atoms with Crippen molar-refractivity contribution in [3.05, 3.63) is 35.9 Å². The molecular weight excluding hydrogens is 324 g/mol. The predicted molar refractivity (Wildman–Crippen MR) is 94.2 cm³/mol. The molecule has 0 aliphatic carbocycles. The summed E-state index contributed by atoms with van der Waals surface area (Å²) in [5, 5.41) is 2.09. The largest absolute Gasteiger partial charge is 0.356 e. The second-order valence-electron chi connectivity index (χ2n) is 6.80. The minimum absolute atomic E-state index is 0.458. The van der Waals surface area contributed by atoms with Crippen molar-refractivity contribution in [2.24, 2.45) is 5.41 Å². The number of benzene rings is 1. The van der Waals surface area contributed by atoms with Gasteiger partial charge in [0.25, 0.3) is 0 Å². The van der Waals surface area contributed by atoms with E-state index in [1.54, 1.807) is 0 Å². The number of nitrogens with zero attached hydrogens (tertiary/aromatic N) is 2. The van der Waals surface area contributed by atoms with Gasteiger partial charge < -0.3 is 4.90 Å². The van der Waals surface area contributed by atoms with E-state index in [-0.39, 0.29) is 0 Å². The van der Waals surface area contributed by atoms with Crippen LogP contribution in [0.1, 0.15) is 38.7 Å². The Labute approximate surface area is 135 Å². The number of para-hydroxylation sites is 1. The summed E-state index contributed by atoms with van der Waals surface area (Å²) >= 11 is 3.64. The van der Waals surface area contributed by atoms with E-state index in [1.165, 1.54) is 36.0 Å². The zero-order valence-electron chi connectivity index (χ0n) is 12.9. The monoisotopic (exact) mass is 346 g/mol. The third-order valence-electron chi connectivity index (χ3n) is 4.56. The smallest absolute Gasteiger partial charge is 0.133 e. The number of anilines is 1. The molecule has 0 amide bonds. The highest BCUT2D eigenvalue weighted by Gasteiger charge is 2.24. The van der Waals surface area contributed by atoms with Crippen molar-refractivity contribution in [3.63, 3.8) is 0 Å². The van der Waals surface area contributed by atoms with Gasteiger partial charge in [-0.3, -0.25) is 0 Å². The van der Waals surface area contributed by atoms with E-state index in [0.29, 0.717) is 5.41 Å². The molecule has 21 heavy (non-hydrogen) atoms. The number of alkyl halides is 1. The minimum atomic E-state index is 0.458. The summed E-state index contributed by atoms with van der Waals surface area (Å²) in [4.78, 5) is 7.44. The molecule has 0 N–H and O–H groups in total. The highest BCUT2D eigenvalue weighted by atomic mass is 79.9. The Morgan fingerprint density at radius 2 is 2.00 bits per heavy atom. The molecule has 2 heterocycles. The fraction of sp³-hybridized carbons (Fsp3) is 0.500. The number of hydrogen-bond acceptors (Lipinski definition) is 2. The van der Waals surface area contributed by atoms with E-state index in [0.717, 1.165) is 23.9 Å². The van der Waals surface area contributed by atoms with Crippen molar-refractivity contribution in [2.45, 2.75) is 38.4 Å². The first-order valence-corrected chi connectivity index (χ1v) is 8.91. The average Bonchev–Trinajstić information content (AvgIpc) is 2.66. The lowest BCUT2D eigenvalue weighted by Crippen LogP contribution is -2.27. The van der Waals surface area contributed by atoms with Gasteiger partial charge in [0, 0.05) is 29.4 Å². The summed E-state index contributed by atoms with van der Waals surface area (Å²) in [5.74, 6) is 1.17. The van der Waals surface area contributed by atoms with Crippen molar-refractivity contribution in [3.8, 4) is 0 Å². The van der Waals surface area contributed by atoms with Crippen LogP contribution in [-0.4, -0.2) is 18.1 Å². The van der Waals surface area contributed by atoms with Gasteiger partial charge in [0.1, 0.15) is 5.82 Å². The predicted octanol–water partition coefficient (Wildman–Crippen LogP) is 5.15. The normalized spacial score (nSPS) is 18.7. The van der Waals surface area contributed by atoms with Crippen LogP contribution < -0.4 is 4.90 Å². The molecule has 1 aliphatic rings. The third-order valence-corrected chi connectivity index (χ3v) is 5.17. The van der Waals surface area contributed by atoms with Crippen molar-refractivity contribution in [1.29, 1.82) is 0 Å². The van der Waals surface area contributed by atoms with Gasteiger partial charge in [-0.15, -0.1) is 0 Å². The maximum Gasteiger partial charge on any atom is 0.133 e. The summed E-state index contributed by atoms with van der Waals surface area (Å²) in [5.41, 5.74) is 2.86. The number of halogens is 1. The first kappa shape index (κ1) is 14.8. The molecule has 2 nitrogen and oxygen atoms in total. The Balaban J connectivity index is 1.98. The Hall–Kier alpha value is -1.09. The van der Waals surface area contributed by atoms with E-state index in [9.17, 15) is 0 Å². The van der Waals surface area contributed by atoms with Crippen LogP contribution in [0.3, 0.4) is 0 Å². The lowest BCUT2D eigenvalue weighted by atomic mass is 9.85. The van der Waals surface area contributed by atoms with E-state index in [2.05, 4.69) is 65.0 Å². The maximum atomic E-state index is 4.96.